The van der Waals surface area contributed by atoms with E-state index in [-0.39, 0.29) is 11.5 Å². The molecule has 80 valence electrons. The van der Waals surface area contributed by atoms with E-state index in [1.807, 2.05) is 0 Å². The van der Waals surface area contributed by atoms with E-state index in [9.17, 15) is 14.4 Å². The predicted octanol–water partition coefficient (Wildman–Crippen LogP) is 0.0317. The zero-order valence-corrected chi connectivity index (χ0v) is 8.03. The quantitative estimate of drug-likeness (QED) is 0.610. The van der Waals surface area contributed by atoms with Crippen molar-refractivity contribution in [3.8, 4) is 0 Å². The number of aromatic nitrogens is 1. The van der Waals surface area contributed by atoms with E-state index < -0.39 is 18.4 Å². The molecule has 15 heavy (non-hydrogen) atoms. The maximum atomic E-state index is 11.3. The summed E-state index contributed by atoms with van der Waals surface area (Å²) in [5, 5.41) is 10.5. The highest BCUT2D eigenvalue weighted by Crippen LogP contribution is 2.03. The molecule has 0 atom stereocenters. The molecule has 0 aromatic carbocycles. The smallest absolute Gasteiger partial charge is 0.322 e. The van der Waals surface area contributed by atoms with Crippen LogP contribution in [0.2, 0.25) is 0 Å². The Balaban J connectivity index is 2.66. The zero-order valence-electron chi connectivity index (χ0n) is 8.03. The Bertz CT molecular complexity index is 408. The second-order valence-electron chi connectivity index (χ2n) is 2.93. The van der Waals surface area contributed by atoms with Crippen molar-refractivity contribution in [2.75, 3.05) is 6.54 Å². The molecule has 0 fully saturated rings. The highest BCUT2D eigenvalue weighted by atomic mass is 16.4. The summed E-state index contributed by atoms with van der Waals surface area (Å²) in [5.41, 5.74) is 0.553. The highest BCUT2D eigenvalue weighted by molar-refractivity contribution is 5.99. The molecule has 6 nitrogen and oxygen atoms in total. The molecule has 1 aromatic heterocycles. The van der Waals surface area contributed by atoms with E-state index in [1.165, 1.54) is 19.2 Å². The van der Waals surface area contributed by atoms with Crippen molar-refractivity contribution in [3.05, 3.63) is 23.5 Å². The summed E-state index contributed by atoms with van der Waals surface area (Å²) < 4.78 is 0. The van der Waals surface area contributed by atoms with E-state index in [0.717, 1.165) is 0 Å². The number of H-pyrrole nitrogens is 1. The lowest BCUT2D eigenvalue weighted by Crippen LogP contribution is -2.29. The van der Waals surface area contributed by atoms with Crippen LogP contribution in [0, 0.1) is 0 Å². The minimum atomic E-state index is -1.12. The van der Waals surface area contributed by atoms with Crippen LogP contribution in [0.15, 0.2) is 12.3 Å². The van der Waals surface area contributed by atoms with E-state index >= 15 is 0 Å². The summed E-state index contributed by atoms with van der Waals surface area (Å²) in [6.07, 6.45) is 1.40. The molecule has 0 aliphatic rings. The van der Waals surface area contributed by atoms with Crippen molar-refractivity contribution >= 4 is 17.7 Å². The van der Waals surface area contributed by atoms with Gasteiger partial charge in [-0.05, 0) is 13.0 Å². The number of hydrogen-bond acceptors (Lipinski definition) is 3. The number of hydrogen-bond donors (Lipinski definition) is 3. The number of nitrogens with one attached hydrogen (secondary N) is 2. The first-order valence-corrected chi connectivity index (χ1v) is 4.20. The first kappa shape index (κ1) is 11.0. The third kappa shape index (κ3) is 2.94. The lowest BCUT2D eigenvalue weighted by molar-refractivity contribution is -0.135. The van der Waals surface area contributed by atoms with E-state index in [0.29, 0.717) is 5.56 Å². The molecule has 3 N–H and O–H groups in total. The number of carboxylic acids is 1. The van der Waals surface area contributed by atoms with Crippen LogP contribution >= 0.6 is 0 Å². The zero-order chi connectivity index (χ0) is 11.4. The van der Waals surface area contributed by atoms with Crippen LogP contribution in [0.25, 0.3) is 0 Å². The van der Waals surface area contributed by atoms with Gasteiger partial charge in [0, 0.05) is 11.8 Å². The molecule has 0 saturated heterocycles. The van der Waals surface area contributed by atoms with Crippen molar-refractivity contribution in [1.82, 2.24) is 10.3 Å². The normalized spacial score (nSPS) is 9.67. The van der Waals surface area contributed by atoms with Crippen LogP contribution in [0.5, 0.6) is 0 Å². The molecule has 6 heteroatoms. The second kappa shape index (κ2) is 4.41. The molecule has 0 aliphatic carbocycles. The maximum absolute atomic E-state index is 11.3. The number of rotatable bonds is 4. The number of Topliss-reactive ketones (excluding diaryl/α,β-unsaturated/α-hetero) is 1. The maximum Gasteiger partial charge on any atom is 0.322 e. The van der Waals surface area contributed by atoms with Gasteiger partial charge in [0.05, 0.1) is 0 Å². The average molecular weight is 210 g/mol. The van der Waals surface area contributed by atoms with Gasteiger partial charge in [-0.15, -0.1) is 0 Å². The molecule has 1 amide bonds. The third-order valence-corrected chi connectivity index (χ3v) is 1.73. The fourth-order valence-electron chi connectivity index (χ4n) is 0.980. The van der Waals surface area contributed by atoms with E-state index in [2.05, 4.69) is 10.3 Å². The van der Waals surface area contributed by atoms with Crippen LogP contribution in [0.1, 0.15) is 27.8 Å². The van der Waals surface area contributed by atoms with Gasteiger partial charge >= 0.3 is 5.97 Å². The number of carbonyl (C=O) groups excluding carboxylic acids is 2. The molecule has 0 unspecified atom stereocenters. The summed E-state index contributed by atoms with van der Waals surface area (Å²) in [6, 6.07) is 1.37. The molecule has 1 aromatic rings. The molecule has 0 aliphatic heterocycles. The number of ketones is 1. The second-order valence-corrected chi connectivity index (χ2v) is 2.93. The fourth-order valence-corrected chi connectivity index (χ4v) is 0.980. The Labute approximate surface area is 85.3 Å². The van der Waals surface area contributed by atoms with Gasteiger partial charge in [-0.3, -0.25) is 14.4 Å². The molecular weight excluding hydrogens is 200 g/mol. The van der Waals surface area contributed by atoms with Gasteiger partial charge in [0.25, 0.3) is 5.91 Å². The summed E-state index contributed by atoms with van der Waals surface area (Å²) in [4.78, 5) is 34.9. The van der Waals surface area contributed by atoms with Crippen molar-refractivity contribution in [1.29, 1.82) is 0 Å². The van der Waals surface area contributed by atoms with Crippen molar-refractivity contribution < 1.29 is 19.5 Å². The van der Waals surface area contributed by atoms with E-state index in [1.54, 1.807) is 0 Å². The molecule has 0 spiro atoms. The lowest BCUT2D eigenvalue weighted by Gasteiger charge is -1.98. The van der Waals surface area contributed by atoms with Crippen LogP contribution in [0.3, 0.4) is 0 Å². The largest absolute Gasteiger partial charge is 0.480 e. The van der Waals surface area contributed by atoms with Gasteiger partial charge in [-0.1, -0.05) is 0 Å². The highest BCUT2D eigenvalue weighted by Gasteiger charge is 2.10. The van der Waals surface area contributed by atoms with Crippen LogP contribution in [-0.4, -0.2) is 34.3 Å². The first-order chi connectivity index (χ1) is 7.00. The average Bonchev–Trinajstić information content (AvgIpc) is 2.62. The molecular formula is C9H10N2O4. The van der Waals surface area contributed by atoms with Crippen LogP contribution < -0.4 is 5.32 Å². The predicted molar refractivity (Wildman–Crippen MR) is 50.8 cm³/mol. The van der Waals surface area contributed by atoms with E-state index in [4.69, 9.17) is 5.11 Å². The summed E-state index contributed by atoms with van der Waals surface area (Å²) in [5.74, 6) is -1.84. The SMILES string of the molecule is CC(=O)c1c[nH]c(C(=O)NCC(=O)O)c1. The monoisotopic (exact) mass is 210 g/mol. The van der Waals surface area contributed by atoms with Crippen molar-refractivity contribution in [2.45, 2.75) is 6.92 Å². The van der Waals surface area contributed by atoms with Gasteiger partial charge < -0.3 is 15.4 Å². The lowest BCUT2D eigenvalue weighted by atomic mass is 10.2. The first-order valence-electron chi connectivity index (χ1n) is 4.20. The van der Waals surface area contributed by atoms with Crippen LogP contribution in [0.4, 0.5) is 0 Å². The van der Waals surface area contributed by atoms with Gasteiger partial charge in [-0.25, -0.2) is 0 Å². The minimum absolute atomic E-state index is 0.163. The number of aliphatic carboxylic acids is 1. The molecule has 0 bridgehead atoms. The van der Waals surface area contributed by atoms with Crippen LogP contribution in [-0.2, 0) is 4.79 Å². The standard InChI is InChI=1S/C9H10N2O4/c1-5(12)6-2-7(10-3-6)9(15)11-4-8(13)14/h2-3,10H,4H2,1H3,(H,11,15)(H,13,14). The minimum Gasteiger partial charge on any atom is -0.480 e. The Morgan fingerprint density at radius 1 is 1.47 bits per heavy atom. The summed E-state index contributed by atoms with van der Waals surface area (Å²) >= 11 is 0. The number of carbonyl (C=O) groups is 3. The number of aromatic amines is 1. The Hall–Kier alpha value is -2.11. The van der Waals surface area contributed by atoms with Gasteiger partial charge in [-0.2, -0.15) is 0 Å². The molecule has 0 saturated carbocycles. The van der Waals surface area contributed by atoms with Gasteiger partial charge in [0.1, 0.15) is 12.2 Å². The van der Waals surface area contributed by atoms with Crippen molar-refractivity contribution in [2.24, 2.45) is 0 Å². The topological polar surface area (TPSA) is 99.3 Å². The Morgan fingerprint density at radius 2 is 2.13 bits per heavy atom. The fraction of sp³-hybridized carbons (Fsp3) is 0.222. The third-order valence-electron chi connectivity index (χ3n) is 1.73. The molecule has 0 radical (unpaired) electrons. The summed E-state index contributed by atoms with van der Waals surface area (Å²) in [6.45, 7) is 0.926. The number of amides is 1. The Kier molecular flexibility index (Phi) is 3.22. The molecule has 1 rings (SSSR count). The summed E-state index contributed by atoms with van der Waals surface area (Å²) in [7, 11) is 0. The molecule has 1 heterocycles. The van der Waals surface area contributed by atoms with Gasteiger partial charge in [0.2, 0.25) is 0 Å². The number of carboxylic acid groups (broad SMARTS) is 1. The van der Waals surface area contributed by atoms with Crippen molar-refractivity contribution in [3.63, 3.8) is 0 Å². The Morgan fingerprint density at radius 3 is 2.60 bits per heavy atom. The van der Waals surface area contributed by atoms with Gasteiger partial charge in [0.15, 0.2) is 5.78 Å².